The number of aryl methyl sites for hydroxylation is 2. The number of aromatic hydroxyl groups is 3. The number of benzene rings is 10. The van der Waals surface area contributed by atoms with Gasteiger partial charge >= 0.3 is 23.9 Å². The van der Waals surface area contributed by atoms with Crippen LogP contribution in [0.1, 0.15) is 154 Å². The number of thioether (sulfide) groups is 4. The smallest absolute Gasteiger partial charge is 0.342 e. The van der Waals surface area contributed by atoms with Crippen molar-refractivity contribution in [2.45, 2.75) is 124 Å². The molecule has 2 atom stereocenters. The highest BCUT2D eigenvalue weighted by Crippen LogP contribution is 2.42. The standard InChI is InChI=1S/C23H21ClN2O4S.C23H26O6S.C22H23F2NO2S.C22H20FNO5.C20H16FNO4S2/c1-15-19(23(24)26(25-15)18-6-4-3-5-7-18)9-10-20(27)16-8-11-21(30-2)17(12-16)13-31-14-22(28)29;1-4-13-29-23-16(7-6-8-19(23)28-5-2)9-11-18(24)17-10-12-21(20(14-17)27-3)30-15-22(25)26;1-15(21(27)14-16-2-8-20(9-3-16)28-22(23)24)25-12-10-18(11-13-25)17-4-6-19(26)7-5-17;1-13-9-19(14(2)24(13)11-15-3-5-16(23)6-4-15)21(27)12-29-22(28)18-8-7-17(25)10-20(18)26;21-15-6-13-9-25-19(12-4-2-1-3-5-12)26-18(13)14(7-15)10-27-20-22-16(11-28-20)8-17(23)24/h3-12H,13-14H2,1-2H3,(H,28,29);6-12,14H,4-5,13,15H2,1-3H3,(H,25,26);2-10,15,22,26H,11-14H2,1H3;3-10,25-26H,11-12H2,1-2H3;1-7,11,19H,8-10H2,(H,23,24)/b10-9+;11-9+;;;. The summed E-state index contributed by atoms with van der Waals surface area (Å²) in [5.41, 5.74) is 13.4. The maximum atomic E-state index is 14.0. The van der Waals surface area contributed by atoms with Crippen LogP contribution in [0.3, 0.4) is 0 Å². The largest absolute Gasteiger partial charge is 0.508 e. The fraction of sp³-hybridized carbons (Fsp3) is 0.236. The first-order valence-electron chi connectivity index (χ1n) is 45.7. The van der Waals surface area contributed by atoms with Gasteiger partial charge in [-0.3, -0.25) is 38.5 Å². The summed E-state index contributed by atoms with van der Waals surface area (Å²) in [5, 5.41) is 61.5. The Morgan fingerprint density at radius 1 is 0.651 bits per heavy atom. The van der Waals surface area contributed by atoms with E-state index in [1.807, 2.05) is 130 Å². The minimum Gasteiger partial charge on any atom is -0.508 e. The number of esters is 1. The molecule has 2 aliphatic heterocycles. The number of ketones is 4. The molecule has 6 N–H and O–H groups in total. The zero-order valence-corrected chi connectivity index (χ0v) is 85.5. The zero-order valence-electron chi connectivity index (χ0n) is 80.6. The molecule has 0 spiro atoms. The number of hydrogen-bond acceptors (Lipinski definition) is 26. The van der Waals surface area contributed by atoms with Gasteiger partial charge in [-0.25, -0.2) is 23.2 Å². The number of rotatable bonds is 40. The fourth-order valence-corrected chi connectivity index (χ4v) is 19.0. The number of carboxylic acid groups (broad SMARTS) is 3. The number of carboxylic acids is 3. The normalized spacial score (nSPS) is 12.8. The second-order valence-corrected chi connectivity index (χ2v) is 38.1. The lowest BCUT2D eigenvalue weighted by atomic mass is 9.97. The molecular weight excluding hydrogens is 2000 g/mol. The van der Waals surface area contributed by atoms with Gasteiger partial charge in [0.2, 0.25) is 12.1 Å². The number of Topliss-reactive ketones (excluding diaryl/α,β-unsaturated/α-hetero) is 2. The third kappa shape index (κ3) is 33.2. The lowest BCUT2D eigenvalue weighted by molar-refractivity contribution is -0.136. The molecule has 10 aromatic carbocycles. The van der Waals surface area contributed by atoms with Crippen LogP contribution in [0.15, 0.2) is 262 Å². The van der Waals surface area contributed by atoms with Crippen LogP contribution in [0, 0.1) is 32.4 Å². The van der Waals surface area contributed by atoms with E-state index in [-0.39, 0.29) is 82.4 Å². The van der Waals surface area contributed by atoms with Crippen molar-refractivity contribution >= 4 is 135 Å². The van der Waals surface area contributed by atoms with Gasteiger partial charge in [-0.1, -0.05) is 145 Å². The molecule has 26 nitrogen and oxygen atoms in total. The first-order chi connectivity index (χ1) is 70.2. The van der Waals surface area contributed by atoms with Crippen molar-refractivity contribution in [2.24, 2.45) is 0 Å². The summed E-state index contributed by atoms with van der Waals surface area (Å²) in [5.74, 6) is -3.96. The Morgan fingerprint density at radius 2 is 1.33 bits per heavy atom. The molecule has 0 fully saturated rings. The van der Waals surface area contributed by atoms with Gasteiger partial charge in [-0.05, 0) is 215 Å². The predicted molar refractivity (Wildman–Crippen MR) is 558 cm³/mol. The SMILES string of the molecule is CC(C(=O)Cc1ccc(SC(F)F)cc1)N1CC=C(c2ccc(O)cc2)CC1.CCCOc1c(/C=C/C(=O)c2ccc(SCC(=O)O)c(OC)c2)cccc1OCC.COc1ccc(C(=O)/C=C/c2c(C)nn(-c3ccccc3)c2Cl)cc1CSCC(=O)O.Cc1cc(C(=O)COC(=O)c2ccc(O)cc2O)c(C)n1Cc1ccc(F)cc1.O=C(O)Cc1csc(SCc2cc(F)cc3c2OC(c2ccccc2)OC3)n1. The number of methoxy groups -OCH3 is 2. The quantitative estimate of drug-likeness (QED) is 0.00683. The molecule has 2 aliphatic rings. The predicted octanol–water partition coefficient (Wildman–Crippen LogP) is 23.6. The van der Waals surface area contributed by atoms with Crippen molar-refractivity contribution in [1.29, 1.82) is 0 Å². The maximum Gasteiger partial charge on any atom is 0.342 e. The molecular formula is C110H106ClF4N5O21S5. The van der Waals surface area contributed by atoms with Crippen molar-refractivity contribution in [1.82, 2.24) is 24.2 Å². The lowest BCUT2D eigenvalue weighted by Gasteiger charge is -2.31. The number of allylic oxidation sites excluding steroid dienone is 2. The minimum absolute atomic E-state index is 0.0234. The van der Waals surface area contributed by atoms with E-state index in [0.29, 0.717) is 145 Å². The highest BCUT2D eigenvalue weighted by Gasteiger charge is 2.29. The Labute approximate surface area is 867 Å². The fourth-order valence-electron chi connectivity index (χ4n) is 14.9. The molecule has 0 amide bonds. The highest BCUT2D eigenvalue weighted by atomic mass is 35.5. The number of carbonyl (C=O) groups is 8. The molecule has 3 aromatic heterocycles. The molecule has 146 heavy (non-hydrogen) atoms. The third-order valence-corrected chi connectivity index (χ3v) is 27.5. The molecule has 0 bridgehead atoms. The Hall–Kier alpha value is -14.2. The van der Waals surface area contributed by atoms with E-state index in [2.05, 4.69) is 21.1 Å². The summed E-state index contributed by atoms with van der Waals surface area (Å²) in [6, 6.07) is 62.7. The molecule has 36 heteroatoms. The molecule has 0 radical (unpaired) electrons. The molecule has 13 aromatic rings. The number of thiazole rings is 1. The third-order valence-electron chi connectivity index (χ3n) is 22.3. The highest BCUT2D eigenvalue weighted by molar-refractivity contribution is 8.00. The van der Waals surface area contributed by atoms with Gasteiger partial charge in [-0.2, -0.15) is 13.9 Å². The van der Waals surface area contributed by atoms with Gasteiger partial charge in [0.05, 0.1) is 75.1 Å². The van der Waals surface area contributed by atoms with E-state index in [4.69, 9.17) is 60.1 Å². The summed E-state index contributed by atoms with van der Waals surface area (Å²) in [4.78, 5) is 103. The van der Waals surface area contributed by atoms with Crippen LogP contribution in [-0.2, 0) is 66.2 Å². The van der Waals surface area contributed by atoms with Crippen molar-refractivity contribution in [3.05, 3.63) is 360 Å². The lowest BCUT2D eigenvalue weighted by Crippen LogP contribution is -2.42. The van der Waals surface area contributed by atoms with E-state index in [9.17, 15) is 71.2 Å². The van der Waals surface area contributed by atoms with E-state index in [0.717, 1.165) is 91.9 Å². The number of aliphatic carboxylic acids is 3. The van der Waals surface area contributed by atoms with E-state index in [1.165, 1.54) is 103 Å². The molecule has 15 rings (SSSR count). The number of phenolic OH excluding ortho intramolecular Hbond substituents is 3. The maximum absolute atomic E-state index is 14.0. The number of hydrogen-bond donors (Lipinski definition) is 6. The summed E-state index contributed by atoms with van der Waals surface area (Å²) >= 11 is 12.2. The van der Waals surface area contributed by atoms with Crippen molar-refractivity contribution in [3.8, 4) is 51.7 Å². The number of halogens is 5. The molecule has 762 valence electrons. The summed E-state index contributed by atoms with van der Waals surface area (Å²) < 4.78 is 95.1. The van der Waals surface area contributed by atoms with Crippen LogP contribution in [0.25, 0.3) is 23.4 Å². The zero-order chi connectivity index (χ0) is 105. The van der Waals surface area contributed by atoms with Crippen LogP contribution >= 0.6 is 70.0 Å². The van der Waals surface area contributed by atoms with E-state index >= 15 is 0 Å². The number of phenols is 3. The summed E-state index contributed by atoms with van der Waals surface area (Å²) in [6.07, 6.45) is 9.80. The summed E-state index contributed by atoms with van der Waals surface area (Å²) in [7, 11) is 3.03. The average Bonchev–Trinajstić information content (AvgIpc) is 1.66. The van der Waals surface area contributed by atoms with Crippen LogP contribution < -0.4 is 23.7 Å². The monoisotopic (exact) mass is 2100 g/mol. The number of carbonyl (C=O) groups excluding carboxylic acids is 5. The summed E-state index contributed by atoms with van der Waals surface area (Å²) in [6.45, 7) is 14.1. The topological polar surface area (TPSA) is 361 Å². The van der Waals surface area contributed by atoms with Gasteiger partial charge in [-0.15, -0.1) is 34.9 Å². The number of nitrogens with zero attached hydrogens (tertiary/aromatic N) is 5. The second-order valence-electron chi connectivity index (χ2n) is 32.6. The Balaban J connectivity index is 0.000000174. The van der Waals surface area contributed by atoms with Gasteiger partial charge in [0.15, 0.2) is 35.5 Å². The molecule has 0 saturated carbocycles. The number of alkyl halides is 2. The molecule has 5 heterocycles. The minimum atomic E-state index is -2.44. The van der Waals surface area contributed by atoms with Gasteiger partial charge in [0.1, 0.15) is 61.2 Å². The Bertz CT molecular complexity index is 6810. The number of para-hydroxylation sites is 2. The number of aromatic nitrogens is 4. The van der Waals surface area contributed by atoms with Crippen molar-refractivity contribution in [2.75, 3.05) is 58.6 Å². The first kappa shape index (κ1) is 112. The van der Waals surface area contributed by atoms with Crippen LogP contribution in [0.4, 0.5) is 17.6 Å². The van der Waals surface area contributed by atoms with Crippen molar-refractivity contribution in [3.63, 3.8) is 0 Å². The second kappa shape index (κ2) is 55.8. The van der Waals surface area contributed by atoms with Gasteiger partial charge in [0.25, 0.3) is 5.76 Å². The molecule has 0 saturated heterocycles. The average molecular weight is 2110 g/mol. The van der Waals surface area contributed by atoms with Gasteiger partial charge < -0.3 is 68.4 Å². The molecule has 2 unspecified atom stereocenters. The van der Waals surface area contributed by atoms with Gasteiger partial charge in [0, 0.05) is 120 Å². The first-order valence-corrected chi connectivity index (χ1v) is 50.9. The van der Waals surface area contributed by atoms with Crippen LogP contribution in [-0.4, -0.2) is 172 Å². The van der Waals surface area contributed by atoms with Crippen LogP contribution in [0.5, 0.6) is 46.0 Å². The van der Waals surface area contributed by atoms with E-state index in [1.54, 1.807) is 120 Å². The van der Waals surface area contributed by atoms with E-state index < -0.39 is 48.3 Å². The van der Waals surface area contributed by atoms with Crippen LogP contribution in [0.2, 0.25) is 5.15 Å². The Morgan fingerprint density at radius 3 is 1.99 bits per heavy atom. The number of fused-ring (bicyclic) bond motifs is 1. The Kier molecular flexibility index (Phi) is 42.9. The number of ether oxygens (including phenoxy) is 7. The van der Waals surface area contributed by atoms with Crippen molar-refractivity contribution < 1.29 is 120 Å². The molecule has 0 aliphatic carbocycles.